The molecule has 5 heteroatoms. The van der Waals surface area contributed by atoms with Crippen molar-refractivity contribution in [2.45, 2.75) is 13.5 Å². The van der Waals surface area contributed by atoms with E-state index in [0.717, 1.165) is 16.7 Å². The number of halogens is 1. The summed E-state index contributed by atoms with van der Waals surface area (Å²) < 4.78 is 5.81. The Labute approximate surface area is 168 Å². The SMILES string of the molecule is Cc1ccc(COc2ccc(-c3[nH]ncc3-c3ccccc3Cl)c(O)c2)cc1. The van der Waals surface area contributed by atoms with Crippen LogP contribution in [-0.2, 0) is 6.61 Å². The molecule has 0 unspecified atom stereocenters. The van der Waals surface area contributed by atoms with E-state index in [1.807, 2.05) is 67.6 Å². The molecule has 0 aliphatic heterocycles. The van der Waals surface area contributed by atoms with E-state index in [-0.39, 0.29) is 5.75 Å². The lowest BCUT2D eigenvalue weighted by molar-refractivity contribution is 0.304. The standard InChI is InChI=1S/C23H19ClN2O2/c1-15-6-8-16(9-7-15)14-28-17-10-11-19(22(27)12-17)23-20(13-25-26-23)18-4-2-3-5-21(18)24/h2-13,27H,14H2,1H3,(H,25,26). The van der Waals surface area contributed by atoms with Crippen molar-refractivity contribution in [3.63, 3.8) is 0 Å². The Morgan fingerprint density at radius 3 is 2.50 bits per heavy atom. The number of hydrogen-bond donors (Lipinski definition) is 2. The third-order valence-electron chi connectivity index (χ3n) is 4.57. The number of phenolic OH excluding ortho intramolecular Hbond substituents is 1. The molecule has 0 saturated heterocycles. The molecular weight excluding hydrogens is 372 g/mol. The molecule has 0 radical (unpaired) electrons. The van der Waals surface area contributed by atoms with Crippen LogP contribution in [0.5, 0.6) is 11.5 Å². The second-order valence-corrected chi connectivity index (χ2v) is 7.00. The predicted molar refractivity (Wildman–Crippen MR) is 112 cm³/mol. The summed E-state index contributed by atoms with van der Waals surface area (Å²) in [6.45, 7) is 2.49. The Hall–Kier alpha value is -3.24. The van der Waals surface area contributed by atoms with Gasteiger partial charge in [0.15, 0.2) is 0 Å². The van der Waals surface area contributed by atoms with Gasteiger partial charge in [0.25, 0.3) is 0 Å². The molecule has 0 atom stereocenters. The lowest BCUT2D eigenvalue weighted by Gasteiger charge is -2.11. The van der Waals surface area contributed by atoms with Gasteiger partial charge in [-0.3, -0.25) is 5.10 Å². The van der Waals surface area contributed by atoms with E-state index in [9.17, 15) is 5.11 Å². The van der Waals surface area contributed by atoms with Gasteiger partial charge in [-0.2, -0.15) is 5.10 Å². The third-order valence-corrected chi connectivity index (χ3v) is 4.90. The molecule has 2 N–H and O–H groups in total. The van der Waals surface area contributed by atoms with Crippen LogP contribution in [0.25, 0.3) is 22.4 Å². The zero-order chi connectivity index (χ0) is 19.5. The van der Waals surface area contributed by atoms with Crippen LogP contribution >= 0.6 is 11.6 Å². The van der Waals surface area contributed by atoms with Crippen molar-refractivity contribution in [2.24, 2.45) is 0 Å². The molecule has 3 aromatic carbocycles. The zero-order valence-electron chi connectivity index (χ0n) is 15.3. The fourth-order valence-electron chi connectivity index (χ4n) is 3.04. The van der Waals surface area contributed by atoms with E-state index in [1.54, 1.807) is 12.3 Å². The lowest BCUT2D eigenvalue weighted by Crippen LogP contribution is -1.95. The molecule has 28 heavy (non-hydrogen) atoms. The number of benzene rings is 3. The predicted octanol–water partition coefficient (Wildman–Crippen LogP) is 5.99. The van der Waals surface area contributed by atoms with Crippen molar-refractivity contribution in [1.29, 1.82) is 0 Å². The molecule has 0 fully saturated rings. The fourth-order valence-corrected chi connectivity index (χ4v) is 3.28. The molecule has 0 spiro atoms. The number of aromatic hydroxyl groups is 1. The molecule has 1 aromatic heterocycles. The number of H-pyrrole nitrogens is 1. The summed E-state index contributed by atoms with van der Waals surface area (Å²) in [7, 11) is 0. The summed E-state index contributed by atoms with van der Waals surface area (Å²) in [4.78, 5) is 0. The van der Waals surface area contributed by atoms with Gasteiger partial charge in [-0.05, 0) is 30.7 Å². The molecule has 0 aliphatic carbocycles. The van der Waals surface area contributed by atoms with Gasteiger partial charge in [0, 0.05) is 27.8 Å². The van der Waals surface area contributed by atoms with Crippen molar-refractivity contribution in [3.8, 4) is 33.9 Å². The molecule has 0 aliphatic rings. The second-order valence-electron chi connectivity index (χ2n) is 6.59. The minimum Gasteiger partial charge on any atom is -0.507 e. The number of nitrogens with one attached hydrogen (secondary N) is 1. The van der Waals surface area contributed by atoms with Crippen molar-refractivity contribution in [1.82, 2.24) is 10.2 Å². The Morgan fingerprint density at radius 2 is 1.75 bits per heavy atom. The molecule has 1 heterocycles. The minimum absolute atomic E-state index is 0.110. The van der Waals surface area contributed by atoms with Gasteiger partial charge < -0.3 is 9.84 Å². The maximum Gasteiger partial charge on any atom is 0.128 e. The lowest BCUT2D eigenvalue weighted by atomic mass is 10.0. The highest BCUT2D eigenvalue weighted by atomic mass is 35.5. The van der Waals surface area contributed by atoms with Gasteiger partial charge >= 0.3 is 0 Å². The van der Waals surface area contributed by atoms with E-state index < -0.39 is 0 Å². The van der Waals surface area contributed by atoms with Crippen molar-refractivity contribution in [2.75, 3.05) is 0 Å². The summed E-state index contributed by atoms with van der Waals surface area (Å²) in [6, 6.07) is 21.0. The first kappa shape index (κ1) is 18.1. The third kappa shape index (κ3) is 3.73. The van der Waals surface area contributed by atoms with Gasteiger partial charge in [-0.15, -0.1) is 0 Å². The highest BCUT2D eigenvalue weighted by molar-refractivity contribution is 6.33. The summed E-state index contributed by atoms with van der Waals surface area (Å²) in [5.74, 6) is 0.708. The molecule has 4 aromatic rings. The number of ether oxygens (including phenoxy) is 1. The Morgan fingerprint density at radius 1 is 0.964 bits per heavy atom. The fraction of sp³-hybridized carbons (Fsp3) is 0.0870. The normalized spacial score (nSPS) is 10.8. The summed E-state index contributed by atoms with van der Waals surface area (Å²) in [6.07, 6.45) is 1.71. The number of aryl methyl sites for hydroxylation is 1. The van der Waals surface area contributed by atoms with Crippen LogP contribution in [0.2, 0.25) is 5.02 Å². The van der Waals surface area contributed by atoms with Crippen LogP contribution in [0.15, 0.2) is 72.9 Å². The molecule has 0 bridgehead atoms. The molecule has 4 rings (SSSR count). The number of nitrogens with zero attached hydrogens (tertiary/aromatic N) is 1. The summed E-state index contributed by atoms with van der Waals surface area (Å²) in [5.41, 5.74) is 5.30. The molecule has 0 amide bonds. The average Bonchev–Trinajstić information content (AvgIpc) is 3.17. The van der Waals surface area contributed by atoms with Crippen LogP contribution in [-0.4, -0.2) is 15.3 Å². The van der Waals surface area contributed by atoms with Crippen molar-refractivity contribution < 1.29 is 9.84 Å². The number of rotatable bonds is 5. The van der Waals surface area contributed by atoms with Gasteiger partial charge in [0.05, 0.1) is 11.9 Å². The molecule has 140 valence electrons. The van der Waals surface area contributed by atoms with Crippen LogP contribution < -0.4 is 4.74 Å². The van der Waals surface area contributed by atoms with E-state index in [0.29, 0.717) is 28.6 Å². The van der Waals surface area contributed by atoms with Gasteiger partial charge in [0.2, 0.25) is 0 Å². The Kier molecular flexibility index (Phi) is 5.04. The summed E-state index contributed by atoms with van der Waals surface area (Å²) in [5, 5.41) is 18.3. The van der Waals surface area contributed by atoms with Crippen LogP contribution in [0.4, 0.5) is 0 Å². The minimum atomic E-state index is 0.110. The number of aromatic amines is 1. The maximum atomic E-state index is 10.6. The number of aromatic nitrogens is 2. The van der Waals surface area contributed by atoms with Crippen molar-refractivity contribution in [3.05, 3.63) is 89.1 Å². The van der Waals surface area contributed by atoms with E-state index in [1.165, 1.54) is 5.56 Å². The molecule has 4 nitrogen and oxygen atoms in total. The van der Waals surface area contributed by atoms with Gasteiger partial charge in [-0.25, -0.2) is 0 Å². The van der Waals surface area contributed by atoms with E-state index in [4.69, 9.17) is 16.3 Å². The number of phenols is 1. The molecule has 0 saturated carbocycles. The maximum absolute atomic E-state index is 10.6. The number of hydrogen-bond acceptors (Lipinski definition) is 3. The second kappa shape index (κ2) is 7.79. The first-order chi connectivity index (χ1) is 13.6. The van der Waals surface area contributed by atoms with Gasteiger partial charge in [-0.1, -0.05) is 59.6 Å². The topological polar surface area (TPSA) is 58.1 Å². The van der Waals surface area contributed by atoms with Crippen LogP contribution in [0.3, 0.4) is 0 Å². The van der Waals surface area contributed by atoms with E-state index >= 15 is 0 Å². The average molecular weight is 391 g/mol. The quantitative estimate of drug-likeness (QED) is 0.440. The first-order valence-corrected chi connectivity index (χ1v) is 9.29. The van der Waals surface area contributed by atoms with Crippen LogP contribution in [0, 0.1) is 6.92 Å². The smallest absolute Gasteiger partial charge is 0.128 e. The van der Waals surface area contributed by atoms with Crippen molar-refractivity contribution >= 4 is 11.6 Å². The monoisotopic (exact) mass is 390 g/mol. The van der Waals surface area contributed by atoms with E-state index in [2.05, 4.69) is 10.2 Å². The van der Waals surface area contributed by atoms with Gasteiger partial charge in [0.1, 0.15) is 18.1 Å². The zero-order valence-corrected chi connectivity index (χ0v) is 16.1. The summed E-state index contributed by atoms with van der Waals surface area (Å²) >= 11 is 6.33. The Balaban J connectivity index is 1.58. The first-order valence-electron chi connectivity index (χ1n) is 8.92. The van der Waals surface area contributed by atoms with Crippen LogP contribution in [0.1, 0.15) is 11.1 Å². The Bertz CT molecular complexity index is 1100. The highest BCUT2D eigenvalue weighted by Crippen LogP contribution is 2.39. The largest absolute Gasteiger partial charge is 0.507 e. The molecular formula is C23H19ClN2O2. The highest BCUT2D eigenvalue weighted by Gasteiger charge is 2.15.